The number of carbonyl (C=O) groups excluding carboxylic acids is 4. The number of hydrogen-bond donors (Lipinski definition) is 0. The van der Waals surface area contributed by atoms with Gasteiger partial charge in [-0.1, -0.05) is 32.4 Å². The van der Waals surface area contributed by atoms with Gasteiger partial charge in [0.05, 0.1) is 12.0 Å². The fourth-order valence-corrected chi connectivity index (χ4v) is 8.52. The topological polar surface area (TPSA) is 96.0 Å². The van der Waals surface area contributed by atoms with Crippen molar-refractivity contribution in [3.8, 4) is 0 Å². The number of Topliss-reactive ketones (excluding diaryl/α,β-unsaturated/α-hetero) is 1. The molecule has 0 aromatic heterocycles. The molecule has 11 heteroatoms. The van der Waals surface area contributed by atoms with Gasteiger partial charge >= 0.3 is 18.1 Å². The molecule has 0 radical (unpaired) electrons. The maximum Gasteiger partial charge on any atom is 0.490 e. The zero-order valence-corrected chi connectivity index (χ0v) is 23.4. The molecule has 222 valence electrons. The minimum absolute atomic E-state index is 0.0480. The van der Waals surface area contributed by atoms with Crippen LogP contribution in [-0.2, 0) is 33.4 Å². The van der Waals surface area contributed by atoms with Crippen LogP contribution in [0.15, 0.2) is 23.8 Å². The Morgan fingerprint density at radius 2 is 1.82 bits per heavy atom. The van der Waals surface area contributed by atoms with Crippen LogP contribution in [0.1, 0.15) is 59.8 Å². The number of halogens is 4. The highest BCUT2D eigenvalue weighted by Gasteiger charge is 2.77. The Balaban J connectivity index is 1.87. The van der Waals surface area contributed by atoms with Crippen molar-refractivity contribution in [1.82, 2.24) is 0 Å². The summed E-state index contributed by atoms with van der Waals surface area (Å²) in [6, 6.07) is 0. The molecule has 3 fully saturated rings. The van der Waals surface area contributed by atoms with E-state index < -0.39 is 82.7 Å². The first-order valence-corrected chi connectivity index (χ1v) is 13.6. The Morgan fingerprint density at radius 1 is 1.15 bits per heavy atom. The zero-order valence-electron chi connectivity index (χ0n) is 23.4. The molecule has 3 saturated carbocycles. The van der Waals surface area contributed by atoms with Crippen LogP contribution >= 0.6 is 0 Å². The minimum Gasteiger partial charge on any atom is -0.458 e. The molecular formula is C29H36F4O7. The number of rotatable bonds is 7. The van der Waals surface area contributed by atoms with Gasteiger partial charge in [0, 0.05) is 24.9 Å². The highest BCUT2D eigenvalue weighted by atomic mass is 19.4. The molecule has 0 bridgehead atoms. The second-order valence-corrected chi connectivity index (χ2v) is 12.1. The molecule has 0 unspecified atom stereocenters. The van der Waals surface area contributed by atoms with Gasteiger partial charge in [-0.3, -0.25) is 14.4 Å². The smallest absolute Gasteiger partial charge is 0.458 e. The van der Waals surface area contributed by atoms with Gasteiger partial charge in [0.1, 0.15) is 6.10 Å². The van der Waals surface area contributed by atoms with Crippen molar-refractivity contribution in [3.05, 3.63) is 23.8 Å². The second kappa shape index (κ2) is 10.1. The summed E-state index contributed by atoms with van der Waals surface area (Å²) in [5.41, 5.74) is -6.06. The monoisotopic (exact) mass is 572 g/mol. The Morgan fingerprint density at radius 3 is 2.42 bits per heavy atom. The van der Waals surface area contributed by atoms with E-state index in [9.17, 15) is 32.3 Å². The van der Waals surface area contributed by atoms with Crippen molar-refractivity contribution in [3.63, 3.8) is 0 Å². The van der Waals surface area contributed by atoms with Crippen molar-refractivity contribution in [2.45, 2.75) is 77.7 Å². The lowest BCUT2D eigenvalue weighted by atomic mass is 9.43. The third-order valence-corrected chi connectivity index (χ3v) is 10.5. The van der Waals surface area contributed by atoms with E-state index in [1.54, 1.807) is 13.8 Å². The normalized spacial score (nSPS) is 40.4. The molecule has 0 saturated heterocycles. The largest absolute Gasteiger partial charge is 0.490 e. The van der Waals surface area contributed by atoms with Crippen molar-refractivity contribution in [2.75, 3.05) is 20.3 Å². The Labute approximate surface area is 230 Å². The fourth-order valence-electron chi connectivity index (χ4n) is 8.52. The number of alkyl halides is 4. The summed E-state index contributed by atoms with van der Waals surface area (Å²) in [4.78, 5) is 50.1. The van der Waals surface area contributed by atoms with Crippen molar-refractivity contribution >= 4 is 23.5 Å². The summed E-state index contributed by atoms with van der Waals surface area (Å²) in [5.74, 6) is -5.73. The van der Waals surface area contributed by atoms with Gasteiger partial charge in [-0.25, -0.2) is 9.18 Å². The SMILES string of the molecule is CCC(=O)OCC(=O)[C@@]1(COC)[C@@H](C)C[C@H]2[C@@H]3CCC4=CC(=O)C=C[C@]4(C)[C@@]3(F)[C@@H](OC(=O)C(F)(F)F)C[C@@]21C. The first-order valence-electron chi connectivity index (χ1n) is 13.6. The molecule has 0 amide bonds. The molecule has 0 aliphatic heterocycles. The first kappa shape index (κ1) is 30.4. The molecule has 4 aliphatic rings. The van der Waals surface area contributed by atoms with E-state index in [2.05, 4.69) is 0 Å². The fraction of sp³-hybridized carbons (Fsp3) is 0.724. The molecule has 7 nitrogen and oxygen atoms in total. The third-order valence-electron chi connectivity index (χ3n) is 10.5. The standard InChI is InChI=1S/C29H36F4O7/c1-6-23(36)39-14-21(35)27(15-38-5)16(2)11-20-19-8-7-17-12-18(34)9-10-25(17,3)28(19,30)22(13-26(20,27)4)40-24(37)29(31,32)33/h9-10,12,16,19-20,22H,6-8,11,13-15H2,1-5H3/t16-,19-,20-,22-,25-,26-,27+,28-/m0/s1. The first-order chi connectivity index (χ1) is 18.5. The van der Waals surface area contributed by atoms with Crippen LogP contribution in [0.4, 0.5) is 17.6 Å². The molecular weight excluding hydrogens is 536 g/mol. The number of ketones is 2. The lowest BCUT2D eigenvalue weighted by Gasteiger charge is -2.63. The number of fused-ring (bicyclic) bond motifs is 5. The minimum atomic E-state index is -5.37. The number of methoxy groups -OCH3 is 1. The molecule has 0 aromatic carbocycles. The lowest BCUT2D eigenvalue weighted by molar-refractivity contribution is -0.246. The summed E-state index contributed by atoms with van der Waals surface area (Å²) in [6.45, 7) is 5.95. The summed E-state index contributed by atoms with van der Waals surface area (Å²) >= 11 is 0. The van der Waals surface area contributed by atoms with E-state index >= 15 is 4.39 Å². The van der Waals surface area contributed by atoms with E-state index in [4.69, 9.17) is 14.2 Å². The van der Waals surface area contributed by atoms with Crippen LogP contribution in [0.5, 0.6) is 0 Å². The maximum atomic E-state index is 17.9. The Bertz CT molecular complexity index is 1160. The lowest BCUT2D eigenvalue weighted by Crippen LogP contribution is -2.69. The van der Waals surface area contributed by atoms with Gasteiger partial charge in [-0.15, -0.1) is 0 Å². The highest BCUT2D eigenvalue weighted by Crippen LogP contribution is 2.73. The Kier molecular flexibility index (Phi) is 7.65. The zero-order chi connectivity index (χ0) is 29.9. The molecule has 4 rings (SSSR count). The van der Waals surface area contributed by atoms with E-state index in [0.717, 1.165) is 0 Å². The quantitative estimate of drug-likeness (QED) is 0.317. The number of ether oxygens (including phenoxy) is 3. The number of carbonyl (C=O) groups is 4. The van der Waals surface area contributed by atoms with Gasteiger partial charge in [-0.2, -0.15) is 13.2 Å². The van der Waals surface area contributed by atoms with E-state index in [1.807, 2.05) is 6.92 Å². The molecule has 0 aromatic rings. The summed E-state index contributed by atoms with van der Waals surface area (Å²) in [5, 5.41) is 0. The highest BCUT2D eigenvalue weighted by molar-refractivity contribution is 6.01. The van der Waals surface area contributed by atoms with Crippen molar-refractivity contribution in [2.24, 2.45) is 34.0 Å². The number of allylic oxidation sites excluding steroid dienone is 4. The van der Waals surface area contributed by atoms with E-state index in [0.29, 0.717) is 18.4 Å². The van der Waals surface area contributed by atoms with Gasteiger partial charge in [0.2, 0.25) is 0 Å². The maximum absolute atomic E-state index is 17.9. The van der Waals surface area contributed by atoms with Crippen LogP contribution in [0.25, 0.3) is 0 Å². The average molecular weight is 573 g/mol. The van der Waals surface area contributed by atoms with E-state index in [-0.39, 0.29) is 25.2 Å². The molecule has 40 heavy (non-hydrogen) atoms. The van der Waals surface area contributed by atoms with Crippen molar-refractivity contribution < 1.29 is 51.0 Å². The van der Waals surface area contributed by atoms with Crippen LogP contribution in [0.3, 0.4) is 0 Å². The predicted octanol–water partition coefficient (Wildman–Crippen LogP) is 4.87. The summed E-state index contributed by atoms with van der Waals surface area (Å²) in [7, 11) is 1.39. The summed E-state index contributed by atoms with van der Waals surface area (Å²) in [6.07, 6.45) is -2.83. The number of hydrogen-bond acceptors (Lipinski definition) is 7. The van der Waals surface area contributed by atoms with Gasteiger partial charge in [-0.05, 0) is 62.0 Å². The molecule has 4 aliphatic carbocycles. The molecule has 0 N–H and O–H groups in total. The van der Waals surface area contributed by atoms with E-state index in [1.165, 1.54) is 32.3 Å². The predicted molar refractivity (Wildman–Crippen MR) is 133 cm³/mol. The van der Waals surface area contributed by atoms with Crippen LogP contribution in [0, 0.1) is 34.0 Å². The molecule has 8 atom stereocenters. The molecule has 0 spiro atoms. The van der Waals surface area contributed by atoms with Gasteiger partial charge < -0.3 is 14.2 Å². The van der Waals surface area contributed by atoms with Crippen LogP contribution in [-0.4, -0.2) is 61.8 Å². The number of esters is 2. The Hall–Kier alpha value is -2.56. The van der Waals surface area contributed by atoms with Crippen LogP contribution in [0.2, 0.25) is 0 Å². The average Bonchev–Trinajstić information content (AvgIpc) is 3.10. The second-order valence-electron chi connectivity index (χ2n) is 12.1. The van der Waals surface area contributed by atoms with Gasteiger partial charge in [0.25, 0.3) is 0 Å². The summed E-state index contributed by atoms with van der Waals surface area (Å²) < 4.78 is 74.1. The van der Waals surface area contributed by atoms with Crippen LogP contribution < -0.4 is 0 Å². The molecule has 0 heterocycles. The third kappa shape index (κ3) is 4.17. The van der Waals surface area contributed by atoms with Crippen molar-refractivity contribution in [1.29, 1.82) is 0 Å². The van der Waals surface area contributed by atoms with Gasteiger partial charge in [0.15, 0.2) is 23.8 Å².